The summed E-state index contributed by atoms with van der Waals surface area (Å²) in [4.78, 5) is 5.75. The molecule has 6 heteroatoms. The quantitative estimate of drug-likeness (QED) is 0.922. The minimum absolute atomic E-state index is 0.0390. The van der Waals surface area contributed by atoms with Gasteiger partial charge in [0.05, 0.1) is 17.6 Å². The lowest BCUT2D eigenvalue weighted by Crippen LogP contribution is -2.36. The SMILES string of the molecule is NC1=NCC(c2cccc(Cl)c2F)N1c1cccc(F)c1. The van der Waals surface area contributed by atoms with Gasteiger partial charge in [-0.15, -0.1) is 0 Å². The summed E-state index contributed by atoms with van der Waals surface area (Å²) >= 11 is 5.83. The predicted octanol–water partition coefficient (Wildman–Crippen LogP) is 3.49. The van der Waals surface area contributed by atoms with E-state index in [0.717, 1.165) is 0 Å². The number of anilines is 1. The third-order valence-electron chi connectivity index (χ3n) is 3.41. The van der Waals surface area contributed by atoms with Gasteiger partial charge >= 0.3 is 0 Å². The number of hydrogen-bond donors (Lipinski definition) is 1. The molecule has 2 N–H and O–H groups in total. The van der Waals surface area contributed by atoms with Crippen molar-refractivity contribution in [2.75, 3.05) is 11.4 Å². The third-order valence-corrected chi connectivity index (χ3v) is 3.70. The average molecular weight is 308 g/mol. The highest BCUT2D eigenvalue weighted by atomic mass is 35.5. The highest BCUT2D eigenvalue weighted by molar-refractivity contribution is 6.30. The van der Waals surface area contributed by atoms with Gasteiger partial charge in [0.1, 0.15) is 11.6 Å². The minimum atomic E-state index is -0.504. The Morgan fingerprint density at radius 1 is 1.19 bits per heavy atom. The van der Waals surface area contributed by atoms with Crippen LogP contribution in [0.25, 0.3) is 0 Å². The number of halogens is 3. The Bertz CT molecular complexity index is 718. The van der Waals surface area contributed by atoms with Gasteiger partial charge in [-0.3, -0.25) is 4.99 Å². The summed E-state index contributed by atoms with van der Waals surface area (Å²) in [6, 6.07) is 10.3. The van der Waals surface area contributed by atoms with Crippen LogP contribution in [0.1, 0.15) is 11.6 Å². The second kappa shape index (κ2) is 5.33. The minimum Gasteiger partial charge on any atom is -0.369 e. The molecule has 108 valence electrons. The lowest BCUT2D eigenvalue weighted by molar-refractivity contribution is 0.589. The van der Waals surface area contributed by atoms with Crippen molar-refractivity contribution in [3.63, 3.8) is 0 Å². The maximum atomic E-state index is 14.2. The monoisotopic (exact) mass is 307 g/mol. The molecule has 2 aromatic rings. The molecule has 3 nitrogen and oxygen atoms in total. The van der Waals surface area contributed by atoms with Gasteiger partial charge in [0.25, 0.3) is 0 Å². The first kappa shape index (κ1) is 13.8. The molecule has 0 radical (unpaired) electrons. The zero-order valence-corrected chi connectivity index (χ0v) is 11.7. The van der Waals surface area contributed by atoms with Gasteiger partial charge < -0.3 is 10.6 Å². The predicted molar refractivity (Wildman–Crippen MR) is 79.5 cm³/mol. The number of rotatable bonds is 2. The van der Waals surface area contributed by atoms with Crippen molar-refractivity contribution in [1.29, 1.82) is 0 Å². The fourth-order valence-electron chi connectivity index (χ4n) is 2.45. The lowest BCUT2D eigenvalue weighted by atomic mass is 10.0. The summed E-state index contributed by atoms with van der Waals surface area (Å²) in [6.45, 7) is 0.291. The first-order valence-corrected chi connectivity index (χ1v) is 6.74. The summed E-state index contributed by atoms with van der Waals surface area (Å²) in [5, 5.41) is 0.0390. The van der Waals surface area contributed by atoms with Gasteiger partial charge in [-0.25, -0.2) is 8.78 Å². The van der Waals surface area contributed by atoms with Crippen LogP contribution in [0.4, 0.5) is 14.5 Å². The van der Waals surface area contributed by atoms with Crippen molar-refractivity contribution >= 4 is 23.2 Å². The molecule has 0 spiro atoms. The molecule has 0 saturated heterocycles. The molecule has 1 atom stereocenters. The van der Waals surface area contributed by atoms with Crippen molar-refractivity contribution in [2.45, 2.75) is 6.04 Å². The van der Waals surface area contributed by atoms with Gasteiger partial charge in [0.15, 0.2) is 5.96 Å². The zero-order chi connectivity index (χ0) is 15.0. The number of benzene rings is 2. The first-order chi connectivity index (χ1) is 10.1. The summed E-state index contributed by atoms with van der Waals surface area (Å²) in [7, 11) is 0. The molecule has 0 fully saturated rings. The van der Waals surface area contributed by atoms with E-state index in [2.05, 4.69) is 4.99 Å². The molecule has 2 aromatic carbocycles. The van der Waals surface area contributed by atoms with Crippen molar-refractivity contribution in [2.24, 2.45) is 10.7 Å². The van der Waals surface area contributed by atoms with Crippen LogP contribution in [-0.4, -0.2) is 12.5 Å². The van der Waals surface area contributed by atoms with Gasteiger partial charge in [0, 0.05) is 11.3 Å². The Kier molecular flexibility index (Phi) is 3.51. The van der Waals surface area contributed by atoms with Gasteiger partial charge in [0.2, 0.25) is 0 Å². The van der Waals surface area contributed by atoms with Gasteiger partial charge in [-0.2, -0.15) is 0 Å². The van der Waals surface area contributed by atoms with E-state index in [9.17, 15) is 8.78 Å². The average Bonchev–Trinajstić information content (AvgIpc) is 2.83. The topological polar surface area (TPSA) is 41.6 Å². The van der Waals surface area contributed by atoms with Crippen LogP contribution in [0, 0.1) is 11.6 Å². The maximum absolute atomic E-state index is 14.2. The van der Waals surface area contributed by atoms with E-state index in [-0.39, 0.29) is 11.0 Å². The van der Waals surface area contributed by atoms with Crippen LogP contribution in [0.3, 0.4) is 0 Å². The van der Waals surface area contributed by atoms with Crippen LogP contribution in [0.2, 0.25) is 5.02 Å². The first-order valence-electron chi connectivity index (χ1n) is 6.36. The van der Waals surface area contributed by atoms with Crippen LogP contribution >= 0.6 is 11.6 Å². The molecule has 0 aliphatic carbocycles. The molecule has 1 aliphatic heterocycles. The summed E-state index contributed by atoms with van der Waals surface area (Å²) in [5.41, 5.74) is 6.79. The van der Waals surface area contributed by atoms with E-state index in [4.69, 9.17) is 17.3 Å². The highest BCUT2D eigenvalue weighted by Crippen LogP contribution is 2.34. The largest absolute Gasteiger partial charge is 0.369 e. The molecular formula is C15H12ClF2N3. The molecule has 1 unspecified atom stereocenters. The van der Waals surface area contributed by atoms with Crippen molar-refractivity contribution in [3.05, 3.63) is 64.7 Å². The van der Waals surface area contributed by atoms with E-state index >= 15 is 0 Å². The number of nitrogens with zero attached hydrogens (tertiary/aromatic N) is 2. The highest BCUT2D eigenvalue weighted by Gasteiger charge is 2.31. The second-order valence-corrected chi connectivity index (χ2v) is 5.11. The molecule has 0 saturated carbocycles. The zero-order valence-electron chi connectivity index (χ0n) is 10.9. The van der Waals surface area contributed by atoms with E-state index in [1.165, 1.54) is 18.2 Å². The van der Waals surface area contributed by atoms with Crippen LogP contribution in [-0.2, 0) is 0 Å². The van der Waals surface area contributed by atoms with Crippen LogP contribution < -0.4 is 10.6 Å². The summed E-state index contributed by atoms with van der Waals surface area (Å²) < 4.78 is 27.6. The number of nitrogens with two attached hydrogens (primary N) is 1. The summed E-state index contributed by atoms with van der Waals surface area (Å²) in [5.74, 6) is -0.669. The number of hydrogen-bond acceptors (Lipinski definition) is 3. The molecule has 3 rings (SSSR count). The Morgan fingerprint density at radius 2 is 1.95 bits per heavy atom. The summed E-state index contributed by atoms with van der Waals surface area (Å²) in [6.07, 6.45) is 0. The van der Waals surface area contributed by atoms with E-state index < -0.39 is 17.7 Å². The lowest BCUT2D eigenvalue weighted by Gasteiger charge is -2.27. The smallest absolute Gasteiger partial charge is 0.196 e. The Hall–Kier alpha value is -2.14. The van der Waals surface area contributed by atoms with Crippen molar-refractivity contribution < 1.29 is 8.78 Å². The number of aliphatic imine (C=N–C) groups is 1. The maximum Gasteiger partial charge on any atom is 0.196 e. The number of guanidine groups is 1. The molecule has 1 heterocycles. The molecule has 1 aliphatic rings. The third kappa shape index (κ3) is 2.45. The van der Waals surface area contributed by atoms with E-state index in [1.807, 2.05) is 0 Å². The molecule has 0 amide bonds. The normalized spacial score (nSPS) is 18.0. The Balaban J connectivity index is 2.05. The fourth-order valence-corrected chi connectivity index (χ4v) is 2.63. The Morgan fingerprint density at radius 3 is 2.71 bits per heavy atom. The van der Waals surface area contributed by atoms with Gasteiger partial charge in [-0.1, -0.05) is 29.8 Å². The van der Waals surface area contributed by atoms with E-state index in [1.54, 1.807) is 29.2 Å². The molecular weight excluding hydrogens is 296 g/mol. The van der Waals surface area contributed by atoms with Crippen molar-refractivity contribution in [3.8, 4) is 0 Å². The van der Waals surface area contributed by atoms with Crippen LogP contribution in [0.5, 0.6) is 0 Å². The fraction of sp³-hybridized carbons (Fsp3) is 0.133. The second-order valence-electron chi connectivity index (χ2n) is 4.71. The van der Waals surface area contributed by atoms with E-state index in [0.29, 0.717) is 17.8 Å². The van der Waals surface area contributed by atoms with Gasteiger partial charge in [-0.05, 0) is 24.3 Å². The molecule has 0 bridgehead atoms. The molecule has 0 aromatic heterocycles. The molecule has 21 heavy (non-hydrogen) atoms. The van der Waals surface area contributed by atoms with Crippen molar-refractivity contribution in [1.82, 2.24) is 0 Å². The van der Waals surface area contributed by atoms with Crippen LogP contribution in [0.15, 0.2) is 47.5 Å². The Labute approximate surface area is 125 Å². The standard InChI is InChI=1S/C15H12ClF2N3/c16-12-6-2-5-11(14(12)18)13-8-20-15(19)21(13)10-4-1-3-9(17)7-10/h1-7,13H,8H2,(H2,19,20).